The van der Waals surface area contributed by atoms with Crippen LogP contribution in [0.25, 0.3) is 0 Å². The smallest absolute Gasteiger partial charge is 0.376 e. The molecule has 0 bridgehead atoms. The van der Waals surface area contributed by atoms with Crippen molar-refractivity contribution in [1.82, 2.24) is 5.32 Å². The van der Waals surface area contributed by atoms with Gasteiger partial charge in [-0.05, 0) is 49.2 Å². The van der Waals surface area contributed by atoms with Gasteiger partial charge in [-0.2, -0.15) is 13.2 Å². The lowest BCUT2D eigenvalue weighted by molar-refractivity contribution is -0.137. The second-order valence-electron chi connectivity index (χ2n) is 7.37. The lowest BCUT2D eigenvalue weighted by atomic mass is 9.95. The van der Waals surface area contributed by atoms with E-state index in [0.29, 0.717) is 11.3 Å². The summed E-state index contributed by atoms with van der Waals surface area (Å²) in [5.41, 5.74) is 0.302. The van der Waals surface area contributed by atoms with Crippen molar-refractivity contribution in [2.75, 3.05) is 17.2 Å². The molecule has 0 radical (unpaired) electrons. The molecule has 2 aromatic carbocycles. The Hall–Kier alpha value is -3.03. The number of carbonyl (C=O) groups excluding carboxylic acids is 2. The van der Waals surface area contributed by atoms with Gasteiger partial charge in [0, 0.05) is 23.0 Å². The highest BCUT2D eigenvalue weighted by Gasteiger charge is 2.30. The summed E-state index contributed by atoms with van der Waals surface area (Å²) in [4.78, 5) is 24.6. The summed E-state index contributed by atoms with van der Waals surface area (Å²) in [5.74, 6) is -0.614. The van der Waals surface area contributed by atoms with Crippen molar-refractivity contribution in [3.05, 3.63) is 59.7 Å². The molecule has 3 N–H and O–H groups in total. The number of amides is 2. The molecule has 1 saturated carbocycles. The number of halogens is 3. The van der Waals surface area contributed by atoms with Crippen molar-refractivity contribution in [2.45, 2.75) is 44.3 Å². The highest BCUT2D eigenvalue weighted by molar-refractivity contribution is 5.98. The first kappa shape index (κ1) is 21.7. The predicted octanol–water partition coefficient (Wildman–Crippen LogP) is 4.82. The first-order valence-corrected chi connectivity index (χ1v) is 9.93. The molecule has 0 spiro atoms. The van der Waals surface area contributed by atoms with Gasteiger partial charge in [0.15, 0.2) is 0 Å². The predicted molar refractivity (Wildman–Crippen MR) is 109 cm³/mol. The number of benzene rings is 2. The molecular formula is C22H24F3N3O2. The second kappa shape index (κ2) is 9.65. The topological polar surface area (TPSA) is 70.2 Å². The van der Waals surface area contributed by atoms with Gasteiger partial charge in [-0.25, -0.2) is 0 Å². The van der Waals surface area contributed by atoms with E-state index in [1.165, 1.54) is 18.6 Å². The zero-order valence-electron chi connectivity index (χ0n) is 16.4. The molecule has 0 saturated heterocycles. The van der Waals surface area contributed by atoms with Crippen LogP contribution >= 0.6 is 0 Å². The van der Waals surface area contributed by atoms with E-state index >= 15 is 0 Å². The fourth-order valence-corrected chi connectivity index (χ4v) is 3.45. The van der Waals surface area contributed by atoms with Crippen molar-refractivity contribution in [3.8, 4) is 0 Å². The molecular weight excluding hydrogens is 395 g/mol. The van der Waals surface area contributed by atoms with E-state index in [1.807, 2.05) is 0 Å². The van der Waals surface area contributed by atoms with Gasteiger partial charge in [0.05, 0.1) is 12.1 Å². The number of nitrogens with one attached hydrogen (secondary N) is 3. The third-order valence-corrected chi connectivity index (χ3v) is 4.99. The van der Waals surface area contributed by atoms with Gasteiger partial charge in [0.2, 0.25) is 5.91 Å². The van der Waals surface area contributed by atoms with Crippen LogP contribution in [-0.4, -0.2) is 24.4 Å². The maximum atomic E-state index is 12.8. The minimum absolute atomic E-state index is 0.180. The van der Waals surface area contributed by atoms with Crippen LogP contribution in [0, 0.1) is 0 Å². The normalized spacial score (nSPS) is 14.8. The molecule has 0 aliphatic heterocycles. The Balaban J connectivity index is 1.54. The third-order valence-electron chi connectivity index (χ3n) is 4.99. The second-order valence-corrected chi connectivity index (χ2v) is 7.37. The van der Waals surface area contributed by atoms with E-state index in [0.717, 1.165) is 37.8 Å². The average molecular weight is 419 g/mol. The fraction of sp³-hybridized carbons (Fsp3) is 0.364. The first-order chi connectivity index (χ1) is 14.3. The summed E-state index contributed by atoms with van der Waals surface area (Å²) >= 11 is 0. The molecule has 0 atom stereocenters. The van der Waals surface area contributed by atoms with Crippen LogP contribution in [0.15, 0.2) is 48.5 Å². The lowest BCUT2D eigenvalue weighted by Gasteiger charge is -2.22. The van der Waals surface area contributed by atoms with Crippen molar-refractivity contribution < 1.29 is 22.8 Å². The van der Waals surface area contributed by atoms with E-state index in [9.17, 15) is 22.8 Å². The molecule has 5 nitrogen and oxygen atoms in total. The third kappa shape index (κ3) is 6.23. The number of alkyl halides is 3. The lowest BCUT2D eigenvalue weighted by Crippen LogP contribution is -2.36. The Morgan fingerprint density at radius 2 is 1.63 bits per heavy atom. The fourth-order valence-electron chi connectivity index (χ4n) is 3.45. The molecule has 3 rings (SSSR count). The quantitative estimate of drug-likeness (QED) is 0.629. The maximum Gasteiger partial charge on any atom is 0.416 e. The van der Waals surface area contributed by atoms with Crippen LogP contribution in [-0.2, 0) is 11.0 Å². The van der Waals surface area contributed by atoms with Crippen LogP contribution in [0.5, 0.6) is 0 Å². The summed E-state index contributed by atoms with van der Waals surface area (Å²) in [6.45, 7) is -0.209. The van der Waals surface area contributed by atoms with Crippen molar-refractivity contribution in [1.29, 1.82) is 0 Å². The van der Waals surface area contributed by atoms with Gasteiger partial charge in [0.25, 0.3) is 5.91 Å². The molecule has 0 heterocycles. The minimum atomic E-state index is -4.45. The van der Waals surface area contributed by atoms with Gasteiger partial charge in [-0.1, -0.05) is 31.4 Å². The molecule has 2 aromatic rings. The zero-order valence-corrected chi connectivity index (χ0v) is 16.4. The standard InChI is InChI=1S/C22H24F3N3O2/c23-22(24,25)16-7-5-10-18(13-16)26-14-20(29)27-19-11-4-6-15(12-19)21(30)28-17-8-2-1-3-9-17/h4-7,10-13,17,26H,1-3,8-9,14H2,(H,27,29)(H,28,30). The molecule has 0 unspecified atom stereocenters. The van der Waals surface area contributed by atoms with Crippen LogP contribution in [0.3, 0.4) is 0 Å². The van der Waals surface area contributed by atoms with E-state index in [4.69, 9.17) is 0 Å². The highest BCUT2D eigenvalue weighted by Crippen LogP contribution is 2.30. The number of rotatable bonds is 6. The summed E-state index contributed by atoms with van der Waals surface area (Å²) in [5, 5.41) is 8.35. The van der Waals surface area contributed by atoms with Crippen LogP contribution < -0.4 is 16.0 Å². The Morgan fingerprint density at radius 1 is 0.933 bits per heavy atom. The van der Waals surface area contributed by atoms with Crippen molar-refractivity contribution in [3.63, 3.8) is 0 Å². The molecule has 1 fully saturated rings. The SMILES string of the molecule is O=C(CNc1cccc(C(F)(F)F)c1)Nc1cccc(C(=O)NC2CCCCC2)c1. The van der Waals surface area contributed by atoms with E-state index < -0.39 is 17.6 Å². The maximum absolute atomic E-state index is 12.8. The number of anilines is 2. The van der Waals surface area contributed by atoms with Crippen molar-refractivity contribution >= 4 is 23.2 Å². The van der Waals surface area contributed by atoms with Gasteiger partial charge in [0.1, 0.15) is 0 Å². The Labute approximate surface area is 173 Å². The molecule has 8 heteroatoms. The average Bonchev–Trinajstić information content (AvgIpc) is 2.73. The number of hydrogen-bond acceptors (Lipinski definition) is 3. The Kier molecular flexibility index (Phi) is 6.97. The summed E-state index contributed by atoms with van der Waals surface area (Å²) < 4.78 is 38.3. The molecule has 30 heavy (non-hydrogen) atoms. The Bertz CT molecular complexity index is 893. The molecule has 0 aromatic heterocycles. The molecule has 1 aliphatic rings. The number of carbonyl (C=O) groups is 2. The molecule has 2 amide bonds. The largest absolute Gasteiger partial charge is 0.416 e. The first-order valence-electron chi connectivity index (χ1n) is 9.93. The van der Waals surface area contributed by atoms with Gasteiger partial charge >= 0.3 is 6.18 Å². The van der Waals surface area contributed by atoms with Crippen molar-refractivity contribution in [2.24, 2.45) is 0 Å². The Morgan fingerprint density at radius 3 is 2.37 bits per heavy atom. The van der Waals surface area contributed by atoms with Gasteiger partial charge < -0.3 is 16.0 Å². The van der Waals surface area contributed by atoms with Gasteiger partial charge in [-0.15, -0.1) is 0 Å². The van der Waals surface area contributed by atoms with Crippen LogP contribution in [0.1, 0.15) is 48.0 Å². The molecule has 160 valence electrons. The summed E-state index contributed by atoms with van der Waals surface area (Å²) in [6, 6.07) is 11.4. The van der Waals surface area contributed by atoms with E-state index in [-0.39, 0.29) is 24.2 Å². The highest BCUT2D eigenvalue weighted by atomic mass is 19.4. The summed E-state index contributed by atoms with van der Waals surface area (Å²) in [7, 11) is 0. The summed E-state index contributed by atoms with van der Waals surface area (Å²) in [6.07, 6.45) is 0.924. The minimum Gasteiger partial charge on any atom is -0.376 e. The van der Waals surface area contributed by atoms with Gasteiger partial charge in [-0.3, -0.25) is 9.59 Å². The monoisotopic (exact) mass is 419 g/mol. The van der Waals surface area contributed by atoms with E-state index in [2.05, 4.69) is 16.0 Å². The zero-order chi connectivity index (χ0) is 21.6. The number of hydrogen-bond donors (Lipinski definition) is 3. The van der Waals surface area contributed by atoms with Crippen LogP contribution in [0.2, 0.25) is 0 Å². The van der Waals surface area contributed by atoms with E-state index in [1.54, 1.807) is 24.3 Å². The van der Waals surface area contributed by atoms with Crippen LogP contribution in [0.4, 0.5) is 24.5 Å². The molecule has 1 aliphatic carbocycles.